The van der Waals surface area contributed by atoms with Gasteiger partial charge in [0, 0.05) is 13.0 Å². The molecule has 14 heavy (non-hydrogen) atoms. The van der Waals surface area contributed by atoms with E-state index < -0.39 is 24.1 Å². The fraction of sp³-hybridized carbons (Fsp3) is 0.750. The first-order valence-corrected chi connectivity index (χ1v) is 4.10. The molecule has 0 spiro atoms. The largest absolute Gasteiger partial charge is 0.468 e. The molecule has 0 aliphatic rings. The molecule has 0 aromatic carbocycles. The molecule has 2 N–H and O–H groups in total. The highest BCUT2D eigenvalue weighted by Crippen LogP contribution is 2.04. The molecule has 0 bridgehead atoms. The van der Waals surface area contributed by atoms with Gasteiger partial charge in [0.25, 0.3) is 0 Å². The molecular formula is C8H14O6. The van der Waals surface area contributed by atoms with E-state index in [-0.39, 0.29) is 13.0 Å². The van der Waals surface area contributed by atoms with Gasteiger partial charge in [0.1, 0.15) is 0 Å². The van der Waals surface area contributed by atoms with Crippen LogP contribution in [-0.4, -0.2) is 42.2 Å². The highest BCUT2D eigenvalue weighted by Gasteiger charge is 2.25. The number of aliphatic hydroxyl groups is 2. The van der Waals surface area contributed by atoms with Gasteiger partial charge in [-0.25, -0.2) is 0 Å². The predicted molar refractivity (Wildman–Crippen MR) is 45.0 cm³/mol. The first-order valence-electron chi connectivity index (χ1n) is 4.10. The van der Waals surface area contributed by atoms with Gasteiger partial charge in [-0.2, -0.15) is 0 Å². The number of ether oxygens (including phenoxy) is 2. The van der Waals surface area contributed by atoms with E-state index in [2.05, 4.69) is 9.47 Å². The third-order valence-corrected chi connectivity index (χ3v) is 1.54. The molecule has 0 aliphatic carbocycles. The van der Waals surface area contributed by atoms with Crippen LogP contribution < -0.4 is 0 Å². The maximum atomic E-state index is 11.1. The van der Waals surface area contributed by atoms with Crippen molar-refractivity contribution in [2.45, 2.75) is 19.6 Å². The Morgan fingerprint density at radius 3 is 2.36 bits per heavy atom. The van der Waals surface area contributed by atoms with Crippen LogP contribution in [0, 0.1) is 5.92 Å². The van der Waals surface area contributed by atoms with Crippen molar-refractivity contribution >= 4 is 11.9 Å². The standard InChI is InChI=1S/C8H14O6/c1-5(7(11)13-2)8(12)14-6(10)3-4-9/h5-6,9-10H,3-4H2,1-2H3. The summed E-state index contributed by atoms with van der Waals surface area (Å²) < 4.78 is 8.74. The maximum absolute atomic E-state index is 11.1. The van der Waals surface area contributed by atoms with Crippen molar-refractivity contribution in [1.29, 1.82) is 0 Å². The van der Waals surface area contributed by atoms with Gasteiger partial charge in [-0.15, -0.1) is 0 Å². The van der Waals surface area contributed by atoms with Crippen molar-refractivity contribution in [1.82, 2.24) is 0 Å². The Morgan fingerprint density at radius 2 is 1.93 bits per heavy atom. The van der Waals surface area contributed by atoms with Gasteiger partial charge in [-0.05, 0) is 6.92 Å². The van der Waals surface area contributed by atoms with E-state index in [0.717, 1.165) is 7.11 Å². The molecule has 0 amide bonds. The number of carbonyl (C=O) groups excluding carboxylic acids is 2. The molecule has 2 atom stereocenters. The number of methoxy groups -OCH3 is 1. The second kappa shape index (κ2) is 6.33. The molecule has 0 aromatic heterocycles. The summed E-state index contributed by atoms with van der Waals surface area (Å²) in [4.78, 5) is 21.9. The van der Waals surface area contributed by atoms with Crippen molar-refractivity contribution < 1.29 is 29.3 Å². The lowest BCUT2D eigenvalue weighted by atomic mass is 10.2. The van der Waals surface area contributed by atoms with Gasteiger partial charge in [0.15, 0.2) is 5.92 Å². The van der Waals surface area contributed by atoms with Crippen LogP contribution in [0.3, 0.4) is 0 Å². The van der Waals surface area contributed by atoms with Crippen molar-refractivity contribution in [3.63, 3.8) is 0 Å². The van der Waals surface area contributed by atoms with Crippen molar-refractivity contribution in [3.05, 3.63) is 0 Å². The van der Waals surface area contributed by atoms with Crippen LogP contribution in [-0.2, 0) is 19.1 Å². The van der Waals surface area contributed by atoms with Crippen molar-refractivity contribution in [2.24, 2.45) is 5.92 Å². The van der Waals surface area contributed by atoms with Crippen LogP contribution in [0.15, 0.2) is 0 Å². The van der Waals surface area contributed by atoms with Gasteiger partial charge in [0.2, 0.25) is 6.29 Å². The van der Waals surface area contributed by atoms with Crippen molar-refractivity contribution in [2.75, 3.05) is 13.7 Å². The van der Waals surface area contributed by atoms with E-state index in [0.29, 0.717) is 0 Å². The number of aliphatic hydroxyl groups excluding tert-OH is 2. The van der Waals surface area contributed by atoms with Gasteiger partial charge in [-0.3, -0.25) is 9.59 Å². The van der Waals surface area contributed by atoms with E-state index >= 15 is 0 Å². The topological polar surface area (TPSA) is 93.1 Å². The molecule has 0 saturated carbocycles. The van der Waals surface area contributed by atoms with Gasteiger partial charge in [-0.1, -0.05) is 0 Å². The number of hydrogen-bond donors (Lipinski definition) is 2. The molecule has 0 radical (unpaired) electrons. The Bertz CT molecular complexity index is 202. The van der Waals surface area contributed by atoms with Crippen LogP contribution in [0.1, 0.15) is 13.3 Å². The minimum Gasteiger partial charge on any atom is -0.468 e. The summed E-state index contributed by atoms with van der Waals surface area (Å²) in [7, 11) is 1.15. The summed E-state index contributed by atoms with van der Waals surface area (Å²) in [5.74, 6) is -2.68. The third kappa shape index (κ3) is 4.20. The second-order valence-electron chi connectivity index (χ2n) is 2.65. The van der Waals surface area contributed by atoms with Crippen molar-refractivity contribution in [3.8, 4) is 0 Å². The predicted octanol–water partition coefficient (Wildman–Crippen LogP) is -0.961. The summed E-state index contributed by atoms with van der Waals surface area (Å²) in [6, 6.07) is 0. The molecule has 0 fully saturated rings. The average molecular weight is 206 g/mol. The molecule has 82 valence electrons. The molecule has 0 heterocycles. The molecule has 0 aromatic rings. The summed E-state index contributed by atoms with van der Waals surface area (Å²) in [6.45, 7) is 1.00. The smallest absolute Gasteiger partial charge is 0.322 e. The fourth-order valence-electron chi connectivity index (χ4n) is 0.679. The monoisotopic (exact) mass is 206 g/mol. The first kappa shape index (κ1) is 12.9. The highest BCUT2D eigenvalue weighted by molar-refractivity contribution is 5.94. The van der Waals surface area contributed by atoms with Gasteiger partial charge < -0.3 is 19.7 Å². The van der Waals surface area contributed by atoms with Crippen LogP contribution >= 0.6 is 0 Å². The number of rotatable bonds is 5. The van der Waals surface area contributed by atoms with Crippen LogP contribution in [0.2, 0.25) is 0 Å². The Hall–Kier alpha value is -1.14. The number of esters is 2. The molecule has 2 unspecified atom stereocenters. The van der Waals surface area contributed by atoms with E-state index in [4.69, 9.17) is 10.2 Å². The van der Waals surface area contributed by atoms with Gasteiger partial charge in [0.05, 0.1) is 7.11 Å². The van der Waals surface area contributed by atoms with E-state index in [1.807, 2.05) is 0 Å². The zero-order chi connectivity index (χ0) is 11.1. The van der Waals surface area contributed by atoms with E-state index in [1.165, 1.54) is 6.92 Å². The number of hydrogen-bond acceptors (Lipinski definition) is 6. The van der Waals surface area contributed by atoms with Crippen LogP contribution in [0.25, 0.3) is 0 Å². The minimum atomic E-state index is -1.39. The van der Waals surface area contributed by atoms with Gasteiger partial charge >= 0.3 is 11.9 Å². The Balaban J connectivity index is 4.01. The van der Waals surface area contributed by atoms with E-state index in [1.54, 1.807) is 0 Å². The summed E-state index contributed by atoms with van der Waals surface area (Å²) in [5.41, 5.74) is 0. The van der Waals surface area contributed by atoms with E-state index in [9.17, 15) is 9.59 Å². The summed E-state index contributed by atoms with van der Waals surface area (Å²) >= 11 is 0. The minimum absolute atomic E-state index is 0.0837. The molecule has 0 saturated heterocycles. The van der Waals surface area contributed by atoms with Crippen LogP contribution in [0.4, 0.5) is 0 Å². The summed E-state index contributed by atoms with van der Waals surface area (Å²) in [6.07, 6.45) is -1.47. The maximum Gasteiger partial charge on any atom is 0.322 e. The quantitative estimate of drug-likeness (QED) is 0.342. The molecular weight excluding hydrogens is 192 g/mol. The Labute approximate surface area is 81.4 Å². The molecule has 0 aliphatic heterocycles. The molecule has 6 nitrogen and oxygen atoms in total. The average Bonchev–Trinajstić information content (AvgIpc) is 2.15. The zero-order valence-electron chi connectivity index (χ0n) is 8.10. The lowest BCUT2D eigenvalue weighted by Crippen LogP contribution is -2.28. The lowest BCUT2D eigenvalue weighted by molar-refractivity contribution is -0.178. The third-order valence-electron chi connectivity index (χ3n) is 1.54. The highest BCUT2D eigenvalue weighted by atomic mass is 16.6. The normalized spacial score (nSPS) is 14.3. The second-order valence-corrected chi connectivity index (χ2v) is 2.65. The Morgan fingerprint density at radius 1 is 1.36 bits per heavy atom. The number of carbonyl (C=O) groups is 2. The summed E-state index contributed by atoms with van der Waals surface area (Å²) in [5, 5.41) is 17.4. The fourth-order valence-corrected chi connectivity index (χ4v) is 0.679. The lowest BCUT2D eigenvalue weighted by Gasteiger charge is -2.13. The molecule has 6 heteroatoms. The Kier molecular flexibility index (Phi) is 5.82. The zero-order valence-corrected chi connectivity index (χ0v) is 8.10. The molecule has 0 rings (SSSR count). The van der Waals surface area contributed by atoms with Crippen LogP contribution in [0.5, 0.6) is 0 Å². The SMILES string of the molecule is COC(=O)C(C)C(=O)OC(O)CCO. The first-order chi connectivity index (χ1) is 6.52.